The first kappa shape index (κ1) is 20.7. The van der Waals surface area contributed by atoms with Crippen molar-refractivity contribution in [2.24, 2.45) is 5.10 Å². The van der Waals surface area contributed by atoms with Crippen molar-refractivity contribution < 1.29 is 23.5 Å². The quantitative estimate of drug-likeness (QED) is 0.701. The van der Waals surface area contributed by atoms with E-state index in [1.807, 2.05) is 12.1 Å². The van der Waals surface area contributed by atoms with Crippen LogP contribution in [0.15, 0.2) is 47.6 Å². The highest BCUT2D eigenvalue weighted by atomic mass is 32.2. The molecule has 152 valence electrons. The van der Waals surface area contributed by atoms with Crippen molar-refractivity contribution in [3.63, 3.8) is 0 Å². The van der Waals surface area contributed by atoms with Gasteiger partial charge in [-0.2, -0.15) is 0 Å². The van der Waals surface area contributed by atoms with Crippen LogP contribution in [-0.4, -0.2) is 48.4 Å². The van der Waals surface area contributed by atoms with Crippen LogP contribution in [0.2, 0.25) is 0 Å². The maximum Gasteiger partial charge on any atom is 0.274 e. The Labute approximate surface area is 171 Å². The molecule has 1 aliphatic heterocycles. The largest absolute Gasteiger partial charge is 0.493 e. The molecule has 0 aliphatic carbocycles. The molecule has 0 unspecified atom stereocenters. The number of halogens is 1. The number of carbonyl (C=O) groups excluding carboxylic acids is 2. The fourth-order valence-electron chi connectivity index (χ4n) is 2.78. The first-order chi connectivity index (χ1) is 14.0. The standard InChI is InChI=1S/C20H20FN3O4S/c1-27-16-8-7-13(11-17(16)28-2)9-10-24-18(25)12-29-20(24)23-22-19(26)14-5-3-4-6-15(14)21/h3-8,11H,9-10,12H2,1-2H3,(H,22,26)/b23-20-. The summed E-state index contributed by atoms with van der Waals surface area (Å²) in [6.07, 6.45) is 0.562. The Morgan fingerprint density at radius 3 is 2.69 bits per heavy atom. The Balaban J connectivity index is 1.67. The number of amides is 2. The molecular weight excluding hydrogens is 397 g/mol. The summed E-state index contributed by atoms with van der Waals surface area (Å²) in [7, 11) is 3.13. The first-order valence-corrected chi connectivity index (χ1v) is 9.78. The molecule has 2 aromatic carbocycles. The Kier molecular flexibility index (Phi) is 6.71. The monoisotopic (exact) mass is 417 g/mol. The Morgan fingerprint density at radius 2 is 1.97 bits per heavy atom. The van der Waals surface area contributed by atoms with Gasteiger partial charge in [-0.15, -0.1) is 5.10 Å². The summed E-state index contributed by atoms with van der Waals surface area (Å²) in [5.41, 5.74) is 3.17. The number of benzene rings is 2. The van der Waals surface area contributed by atoms with Gasteiger partial charge in [0, 0.05) is 6.54 Å². The van der Waals surface area contributed by atoms with E-state index in [9.17, 15) is 14.0 Å². The number of carbonyl (C=O) groups is 2. The van der Waals surface area contributed by atoms with Gasteiger partial charge in [-0.25, -0.2) is 9.82 Å². The molecule has 7 nitrogen and oxygen atoms in total. The van der Waals surface area contributed by atoms with Crippen molar-refractivity contribution in [2.45, 2.75) is 6.42 Å². The van der Waals surface area contributed by atoms with Gasteiger partial charge in [-0.3, -0.25) is 14.5 Å². The van der Waals surface area contributed by atoms with Crippen LogP contribution in [0.4, 0.5) is 4.39 Å². The lowest BCUT2D eigenvalue weighted by molar-refractivity contribution is -0.124. The molecule has 0 aromatic heterocycles. The zero-order valence-corrected chi connectivity index (χ0v) is 16.8. The molecule has 1 aliphatic rings. The number of hydrogen-bond acceptors (Lipinski definition) is 6. The lowest BCUT2D eigenvalue weighted by atomic mass is 10.1. The van der Waals surface area contributed by atoms with E-state index in [-0.39, 0.29) is 17.2 Å². The summed E-state index contributed by atoms with van der Waals surface area (Å²) < 4.78 is 24.2. The molecule has 1 N–H and O–H groups in total. The SMILES string of the molecule is COc1ccc(CCN2C(=O)CS/C2=N\NC(=O)c2ccccc2F)cc1OC. The highest BCUT2D eigenvalue weighted by Gasteiger charge is 2.28. The highest BCUT2D eigenvalue weighted by Crippen LogP contribution is 2.28. The van der Waals surface area contributed by atoms with E-state index < -0.39 is 11.7 Å². The molecule has 1 heterocycles. The van der Waals surface area contributed by atoms with Gasteiger partial charge in [-0.1, -0.05) is 30.0 Å². The van der Waals surface area contributed by atoms with Gasteiger partial charge in [0.1, 0.15) is 5.82 Å². The van der Waals surface area contributed by atoms with Gasteiger partial charge in [0.25, 0.3) is 5.91 Å². The van der Waals surface area contributed by atoms with Crippen LogP contribution >= 0.6 is 11.8 Å². The summed E-state index contributed by atoms with van der Waals surface area (Å²) in [5, 5.41) is 4.39. The average Bonchev–Trinajstić information content (AvgIpc) is 3.09. The van der Waals surface area contributed by atoms with Crippen LogP contribution in [0.5, 0.6) is 11.5 Å². The van der Waals surface area contributed by atoms with Crippen LogP contribution < -0.4 is 14.9 Å². The van der Waals surface area contributed by atoms with Crippen LogP contribution in [0.3, 0.4) is 0 Å². The number of hydrazone groups is 1. The molecular formula is C20H20FN3O4S. The number of hydrogen-bond donors (Lipinski definition) is 1. The van der Waals surface area contributed by atoms with Crippen LogP contribution in [-0.2, 0) is 11.2 Å². The molecule has 9 heteroatoms. The molecule has 0 spiro atoms. The number of nitrogens with zero attached hydrogens (tertiary/aromatic N) is 2. The molecule has 3 rings (SSSR count). The van der Waals surface area contributed by atoms with Crippen molar-refractivity contribution >= 4 is 28.7 Å². The summed E-state index contributed by atoms with van der Waals surface area (Å²) in [6.45, 7) is 0.385. The Bertz CT molecular complexity index is 951. The van der Waals surface area contributed by atoms with Crippen LogP contribution in [0, 0.1) is 5.82 Å². The Morgan fingerprint density at radius 1 is 1.21 bits per heavy atom. The molecule has 0 bridgehead atoms. The minimum atomic E-state index is -0.671. The molecule has 2 aromatic rings. The molecule has 29 heavy (non-hydrogen) atoms. The normalized spacial score (nSPS) is 14.9. The van der Waals surface area contributed by atoms with E-state index in [1.54, 1.807) is 26.4 Å². The number of rotatable bonds is 7. The topological polar surface area (TPSA) is 80.2 Å². The van der Waals surface area contributed by atoms with Gasteiger partial charge in [0.2, 0.25) is 5.91 Å². The van der Waals surface area contributed by atoms with E-state index in [4.69, 9.17) is 9.47 Å². The minimum Gasteiger partial charge on any atom is -0.493 e. The first-order valence-electron chi connectivity index (χ1n) is 8.80. The molecule has 2 amide bonds. The third-order valence-electron chi connectivity index (χ3n) is 4.30. The third kappa shape index (κ3) is 4.86. The van der Waals surface area contributed by atoms with Crippen molar-refractivity contribution in [3.05, 3.63) is 59.4 Å². The summed E-state index contributed by atoms with van der Waals surface area (Å²) in [6, 6.07) is 11.2. The van der Waals surface area contributed by atoms with E-state index in [1.165, 1.54) is 34.9 Å². The summed E-state index contributed by atoms with van der Waals surface area (Å²) in [5.74, 6) is 0.0658. The molecule has 1 fully saturated rings. The van der Waals surface area contributed by atoms with E-state index in [0.29, 0.717) is 29.6 Å². The van der Waals surface area contributed by atoms with Crippen molar-refractivity contribution in [3.8, 4) is 11.5 Å². The second kappa shape index (κ2) is 9.42. The molecule has 0 atom stereocenters. The van der Waals surface area contributed by atoms with Crippen molar-refractivity contribution in [2.75, 3.05) is 26.5 Å². The fraction of sp³-hybridized carbons (Fsp3) is 0.250. The second-order valence-electron chi connectivity index (χ2n) is 6.09. The second-order valence-corrected chi connectivity index (χ2v) is 7.03. The van der Waals surface area contributed by atoms with Gasteiger partial charge < -0.3 is 9.47 Å². The summed E-state index contributed by atoms with van der Waals surface area (Å²) in [4.78, 5) is 25.8. The van der Waals surface area contributed by atoms with Gasteiger partial charge in [-0.05, 0) is 36.2 Å². The number of nitrogens with one attached hydrogen (secondary N) is 1. The van der Waals surface area contributed by atoms with Crippen molar-refractivity contribution in [1.82, 2.24) is 10.3 Å². The maximum atomic E-state index is 13.7. The van der Waals surface area contributed by atoms with Crippen LogP contribution in [0.25, 0.3) is 0 Å². The predicted octanol–water partition coefficient (Wildman–Crippen LogP) is 2.66. The third-order valence-corrected chi connectivity index (χ3v) is 5.26. The number of methoxy groups -OCH3 is 2. The van der Waals surface area contributed by atoms with Crippen molar-refractivity contribution in [1.29, 1.82) is 0 Å². The van der Waals surface area contributed by atoms with Crippen LogP contribution in [0.1, 0.15) is 15.9 Å². The average molecular weight is 417 g/mol. The van der Waals surface area contributed by atoms with E-state index in [0.717, 1.165) is 5.56 Å². The number of ether oxygens (including phenoxy) is 2. The van der Waals surface area contributed by atoms with Gasteiger partial charge >= 0.3 is 0 Å². The smallest absolute Gasteiger partial charge is 0.274 e. The molecule has 1 saturated heterocycles. The minimum absolute atomic E-state index is 0.102. The van der Waals surface area contributed by atoms with E-state index >= 15 is 0 Å². The fourth-order valence-corrected chi connectivity index (χ4v) is 3.65. The molecule has 0 saturated carbocycles. The predicted molar refractivity (Wildman–Crippen MR) is 109 cm³/mol. The van der Waals surface area contributed by atoms with Gasteiger partial charge in [0.15, 0.2) is 16.7 Å². The van der Waals surface area contributed by atoms with E-state index in [2.05, 4.69) is 10.5 Å². The zero-order valence-electron chi connectivity index (χ0n) is 16.0. The Hall–Kier alpha value is -3.07. The molecule has 0 radical (unpaired) electrons. The maximum absolute atomic E-state index is 13.7. The zero-order chi connectivity index (χ0) is 20.8. The lowest BCUT2D eigenvalue weighted by Gasteiger charge is -2.16. The lowest BCUT2D eigenvalue weighted by Crippen LogP contribution is -2.33. The van der Waals surface area contributed by atoms with Gasteiger partial charge in [0.05, 0.1) is 25.5 Å². The number of thioether (sulfide) groups is 1. The summed E-state index contributed by atoms with van der Waals surface area (Å²) >= 11 is 1.22. The highest BCUT2D eigenvalue weighted by molar-refractivity contribution is 8.15. The number of amidine groups is 1.